The molecule has 0 saturated carbocycles. The van der Waals surface area contributed by atoms with Crippen molar-refractivity contribution >= 4 is 35.0 Å². The highest BCUT2D eigenvalue weighted by Gasteiger charge is 2.18. The number of benzene rings is 2. The molecule has 0 unspecified atom stereocenters. The minimum Gasteiger partial charge on any atom is -0.495 e. The molecule has 0 fully saturated rings. The number of methoxy groups -OCH3 is 1. The Bertz CT molecular complexity index is 1130. The van der Waals surface area contributed by atoms with Gasteiger partial charge in [-0.15, -0.1) is 0 Å². The van der Waals surface area contributed by atoms with Crippen molar-refractivity contribution < 1.29 is 28.3 Å². The van der Waals surface area contributed by atoms with Crippen LogP contribution >= 0.6 is 0 Å². The molecule has 0 saturated heterocycles. The summed E-state index contributed by atoms with van der Waals surface area (Å²) < 4.78 is 15.6. The second-order valence-electron chi connectivity index (χ2n) is 8.00. The molecule has 0 aliphatic heterocycles. The van der Waals surface area contributed by atoms with Gasteiger partial charge in [0.25, 0.3) is 11.8 Å². The highest BCUT2D eigenvalue weighted by atomic mass is 16.6. The third-order valence-electron chi connectivity index (χ3n) is 4.24. The smallest absolute Gasteiger partial charge is 0.412 e. The predicted molar refractivity (Wildman–Crippen MR) is 124 cm³/mol. The summed E-state index contributed by atoms with van der Waals surface area (Å²) in [6.07, 6.45) is 0.770. The highest BCUT2D eigenvalue weighted by Crippen LogP contribution is 2.29. The summed E-state index contributed by atoms with van der Waals surface area (Å²) in [5.74, 6) is -0.157. The second-order valence-corrected chi connectivity index (χ2v) is 8.00. The number of nitrogens with one attached hydrogen (secondary N) is 3. The van der Waals surface area contributed by atoms with E-state index in [1.807, 2.05) is 0 Å². The van der Waals surface area contributed by atoms with Crippen LogP contribution in [-0.4, -0.2) is 30.6 Å². The fourth-order valence-electron chi connectivity index (χ4n) is 2.81. The lowest BCUT2D eigenvalue weighted by molar-refractivity contribution is 0.0635. The van der Waals surface area contributed by atoms with Gasteiger partial charge in [0, 0.05) is 16.9 Å². The zero-order valence-corrected chi connectivity index (χ0v) is 18.7. The molecule has 172 valence electrons. The molecule has 0 spiro atoms. The summed E-state index contributed by atoms with van der Waals surface area (Å²) in [5.41, 5.74) is 1.03. The van der Waals surface area contributed by atoms with Gasteiger partial charge in [-0.25, -0.2) is 4.79 Å². The minimum absolute atomic E-state index is 0.187. The summed E-state index contributed by atoms with van der Waals surface area (Å²) in [6, 6.07) is 14.4. The maximum Gasteiger partial charge on any atom is 0.412 e. The third-order valence-corrected chi connectivity index (χ3v) is 4.24. The van der Waals surface area contributed by atoms with Crippen molar-refractivity contribution in [1.82, 2.24) is 0 Å². The first-order valence-electron chi connectivity index (χ1n) is 10.1. The summed E-state index contributed by atoms with van der Waals surface area (Å²) >= 11 is 0. The molecule has 3 aromatic rings. The predicted octanol–water partition coefficient (Wildman–Crippen LogP) is 5.14. The van der Waals surface area contributed by atoms with Crippen LogP contribution < -0.4 is 20.7 Å². The Morgan fingerprint density at radius 2 is 1.52 bits per heavy atom. The quantitative estimate of drug-likeness (QED) is 0.477. The van der Waals surface area contributed by atoms with Crippen LogP contribution in [0.15, 0.2) is 65.3 Å². The maximum atomic E-state index is 12.7. The van der Waals surface area contributed by atoms with Crippen molar-refractivity contribution in [1.29, 1.82) is 0 Å². The maximum absolute atomic E-state index is 12.7. The first-order valence-corrected chi connectivity index (χ1v) is 10.1. The van der Waals surface area contributed by atoms with Crippen molar-refractivity contribution in [2.75, 3.05) is 23.1 Å². The summed E-state index contributed by atoms with van der Waals surface area (Å²) in [6.45, 7) is 5.27. The van der Waals surface area contributed by atoms with E-state index < -0.39 is 11.7 Å². The van der Waals surface area contributed by atoms with Gasteiger partial charge in [0.1, 0.15) is 11.4 Å². The van der Waals surface area contributed by atoms with E-state index >= 15 is 0 Å². The molecule has 33 heavy (non-hydrogen) atoms. The zero-order valence-electron chi connectivity index (χ0n) is 18.7. The van der Waals surface area contributed by atoms with Crippen LogP contribution in [0, 0.1) is 0 Å². The largest absolute Gasteiger partial charge is 0.495 e. The van der Waals surface area contributed by atoms with Gasteiger partial charge < -0.3 is 24.5 Å². The normalized spacial score (nSPS) is 10.8. The van der Waals surface area contributed by atoms with Gasteiger partial charge in [-0.3, -0.25) is 14.9 Å². The number of amides is 3. The van der Waals surface area contributed by atoms with E-state index in [1.165, 1.54) is 13.4 Å². The molecule has 3 rings (SSSR count). The Labute approximate surface area is 191 Å². The monoisotopic (exact) mass is 451 g/mol. The Morgan fingerprint density at radius 3 is 2.12 bits per heavy atom. The summed E-state index contributed by atoms with van der Waals surface area (Å²) in [4.78, 5) is 36.8. The van der Waals surface area contributed by atoms with Crippen LogP contribution in [0.25, 0.3) is 0 Å². The van der Waals surface area contributed by atoms with Crippen LogP contribution in [0.4, 0.5) is 21.9 Å². The number of hydrogen-bond acceptors (Lipinski definition) is 6. The molecule has 1 aromatic heterocycles. The lowest BCUT2D eigenvalue weighted by Crippen LogP contribution is -2.27. The Hall–Kier alpha value is -4.27. The van der Waals surface area contributed by atoms with Crippen molar-refractivity contribution in [3.8, 4) is 5.75 Å². The van der Waals surface area contributed by atoms with Crippen LogP contribution in [0.3, 0.4) is 0 Å². The topological polar surface area (TPSA) is 119 Å². The first kappa shape index (κ1) is 23.4. The standard InChI is InChI=1S/C24H25N3O6/c1-24(2,3)33-23(30)27-18-14-17(11-12-19(18)31-4)26-21(28)15-7-9-16(10-8-15)25-22(29)20-6-5-13-32-20/h5-14H,1-4H3,(H,25,29)(H,26,28)(H,27,30). The first-order chi connectivity index (χ1) is 15.6. The molecule has 0 aliphatic rings. The molecular formula is C24H25N3O6. The number of rotatable bonds is 6. The van der Waals surface area contributed by atoms with Crippen LogP contribution in [-0.2, 0) is 4.74 Å². The number of anilines is 3. The van der Waals surface area contributed by atoms with Gasteiger partial charge in [-0.05, 0) is 75.4 Å². The molecule has 0 atom stereocenters. The van der Waals surface area contributed by atoms with Crippen molar-refractivity contribution in [2.45, 2.75) is 26.4 Å². The average molecular weight is 451 g/mol. The van der Waals surface area contributed by atoms with E-state index in [9.17, 15) is 14.4 Å². The van der Waals surface area contributed by atoms with Gasteiger partial charge in [0.05, 0.1) is 19.1 Å². The molecule has 1 heterocycles. The van der Waals surface area contributed by atoms with Gasteiger partial charge in [0.15, 0.2) is 5.76 Å². The molecule has 3 N–H and O–H groups in total. The number of ether oxygens (including phenoxy) is 2. The zero-order chi connectivity index (χ0) is 24.0. The average Bonchev–Trinajstić information content (AvgIpc) is 3.28. The lowest BCUT2D eigenvalue weighted by Gasteiger charge is -2.20. The Morgan fingerprint density at radius 1 is 0.848 bits per heavy atom. The van der Waals surface area contributed by atoms with Gasteiger partial charge in [-0.2, -0.15) is 0 Å². The number of furan rings is 1. The van der Waals surface area contributed by atoms with E-state index in [-0.39, 0.29) is 17.6 Å². The molecular weight excluding hydrogens is 426 g/mol. The fourth-order valence-corrected chi connectivity index (χ4v) is 2.81. The van der Waals surface area contributed by atoms with E-state index in [1.54, 1.807) is 75.4 Å². The van der Waals surface area contributed by atoms with Crippen LogP contribution in [0.1, 0.15) is 41.7 Å². The summed E-state index contributed by atoms with van der Waals surface area (Å²) in [7, 11) is 1.47. The molecule has 0 bridgehead atoms. The number of carbonyl (C=O) groups is 3. The van der Waals surface area contributed by atoms with Crippen molar-refractivity contribution in [2.24, 2.45) is 0 Å². The van der Waals surface area contributed by atoms with Gasteiger partial charge in [0.2, 0.25) is 0 Å². The van der Waals surface area contributed by atoms with Gasteiger partial charge >= 0.3 is 6.09 Å². The van der Waals surface area contributed by atoms with E-state index in [0.29, 0.717) is 28.4 Å². The molecule has 9 heteroatoms. The molecule has 9 nitrogen and oxygen atoms in total. The van der Waals surface area contributed by atoms with Crippen molar-refractivity contribution in [3.05, 3.63) is 72.2 Å². The number of carbonyl (C=O) groups excluding carboxylic acids is 3. The lowest BCUT2D eigenvalue weighted by atomic mass is 10.1. The SMILES string of the molecule is COc1ccc(NC(=O)c2ccc(NC(=O)c3ccco3)cc2)cc1NC(=O)OC(C)(C)C. The fraction of sp³-hybridized carbons (Fsp3) is 0.208. The molecule has 0 radical (unpaired) electrons. The molecule has 2 aromatic carbocycles. The van der Waals surface area contributed by atoms with E-state index in [4.69, 9.17) is 13.9 Å². The third kappa shape index (κ3) is 6.60. The van der Waals surface area contributed by atoms with Crippen molar-refractivity contribution in [3.63, 3.8) is 0 Å². The van der Waals surface area contributed by atoms with E-state index in [0.717, 1.165) is 0 Å². The minimum atomic E-state index is -0.660. The highest BCUT2D eigenvalue weighted by molar-refractivity contribution is 6.06. The second kappa shape index (κ2) is 9.90. The van der Waals surface area contributed by atoms with Gasteiger partial charge in [-0.1, -0.05) is 0 Å². The van der Waals surface area contributed by atoms with E-state index in [2.05, 4.69) is 16.0 Å². The molecule has 0 aliphatic carbocycles. The summed E-state index contributed by atoms with van der Waals surface area (Å²) in [5, 5.41) is 8.07. The molecule has 3 amide bonds. The Kier molecular flexibility index (Phi) is 7.02. The van der Waals surface area contributed by atoms with Crippen LogP contribution in [0.5, 0.6) is 5.75 Å². The Balaban J connectivity index is 1.66. The van der Waals surface area contributed by atoms with Crippen LogP contribution in [0.2, 0.25) is 0 Å². The number of hydrogen-bond donors (Lipinski definition) is 3.